The van der Waals surface area contributed by atoms with E-state index in [-0.39, 0.29) is 12.4 Å². The second kappa shape index (κ2) is 11.0. The van der Waals surface area contributed by atoms with Gasteiger partial charge in [-0.2, -0.15) is 0 Å². The molecule has 0 aliphatic heterocycles. The number of allylic oxidation sites excluding steroid dienone is 5. The number of carbonyl (C=O) groups excluding carboxylic acids is 1. The zero-order valence-corrected chi connectivity index (χ0v) is 11.7. The lowest BCUT2D eigenvalue weighted by Crippen LogP contribution is -1.97. The summed E-state index contributed by atoms with van der Waals surface area (Å²) in [5, 5.41) is 8.69. The highest BCUT2D eigenvalue weighted by Crippen LogP contribution is 2.11. The predicted octanol–water partition coefficient (Wildman–Crippen LogP) is 3.97. The highest BCUT2D eigenvalue weighted by molar-refractivity contribution is 5.94. The molecule has 0 atom stereocenters. The summed E-state index contributed by atoms with van der Waals surface area (Å²) in [7, 11) is 0. The molecule has 0 rings (SSSR count). The topological polar surface area (TPSA) is 37.3 Å². The Bertz CT molecular complexity index is 311. The zero-order chi connectivity index (χ0) is 13.8. The van der Waals surface area contributed by atoms with Crippen molar-refractivity contribution in [2.75, 3.05) is 6.61 Å². The molecule has 0 saturated carbocycles. The Balaban J connectivity index is 4.28. The van der Waals surface area contributed by atoms with Crippen LogP contribution in [0.2, 0.25) is 0 Å². The highest BCUT2D eigenvalue weighted by Gasteiger charge is 2.01. The van der Waals surface area contributed by atoms with Gasteiger partial charge in [0.25, 0.3) is 0 Å². The standard InChI is InChI=1S/C16H26O2/c1-4-9-16(18)14(3)11-12-15(5-2)10-7-6-8-13-17/h5,11-12,17H,2,4,6-10,13H2,1,3H3/b14-11+,15-12+. The van der Waals surface area contributed by atoms with E-state index in [0.717, 1.165) is 43.3 Å². The third-order valence-electron chi connectivity index (χ3n) is 2.85. The molecular formula is C16H26O2. The quantitative estimate of drug-likeness (QED) is 0.362. The fourth-order valence-electron chi connectivity index (χ4n) is 1.62. The fourth-order valence-corrected chi connectivity index (χ4v) is 1.62. The molecule has 0 amide bonds. The van der Waals surface area contributed by atoms with Crippen LogP contribution in [0.3, 0.4) is 0 Å². The van der Waals surface area contributed by atoms with Crippen molar-refractivity contribution in [1.82, 2.24) is 0 Å². The zero-order valence-electron chi connectivity index (χ0n) is 11.7. The molecule has 0 bridgehead atoms. The van der Waals surface area contributed by atoms with Crippen molar-refractivity contribution < 1.29 is 9.90 Å². The monoisotopic (exact) mass is 250 g/mol. The lowest BCUT2D eigenvalue weighted by Gasteiger charge is -2.01. The van der Waals surface area contributed by atoms with Gasteiger partial charge >= 0.3 is 0 Å². The first-order valence-electron chi connectivity index (χ1n) is 6.79. The Hall–Kier alpha value is -1.15. The Kier molecular flexibility index (Phi) is 10.3. The number of hydrogen-bond acceptors (Lipinski definition) is 2. The van der Waals surface area contributed by atoms with Gasteiger partial charge in [0, 0.05) is 13.0 Å². The molecule has 0 aromatic heterocycles. The molecule has 0 fully saturated rings. The van der Waals surface area contributed by atoms with Crippen LogP contribution in [-0.2, 0) is 4.79 Å². The molecule has 0 aliphatic rings. The van der Waals surface area contributed by atoms with E-state index in [4.69, 9.17) is 5.11 Å². The van der Waals surface area contributed by atoms with E-state index in [2.05, 4.69) is 6.58 Å². The van der Waals surface area contributed by atoms with Crippen molar-refractivity contribution >= 4 is 5.78 Å². The lowest BCUT2D eigenvalue weighted by molar-refractivity contribution is -0.115. The molecule has 2 heteroatoms. The maximum atomic E-state index is 11.6. The molecule has 0 unspecified atom stereocenters. The van der Waals surface area contributed by atoms with Crippen molar-refractivity contribution in [2.45, 2.75) is 52.4 Å². The predicted molar refractivity (Wildman–Crippen MR) is 77.5 cm³/mol. The van der Waals surface area contributed by atoms with Gasteiger partial charge in [0.2, 0.25) is 0 Å². The van der Waals surface area contributed by atoms with E-state index in [1.54, 1.807) is 0 Å². The van der Waals surface area contributed by atoms with Crippen LogP contribution >= 0.6 is 0 Å². The van der Waals surface area contributed by atoms with Crippen LogP contribution in [0, 0.1) is 0 Å². The summed E-state index contributed by atoms with van der Waals surface area (Å²) >= 11 is 0. The molecule has 0 spiro atoms. The van der Waals surface area contributed by atoms with Crippen molar-refractivity contribution in [2.24, 2.45) is 0 Å². The van der Waals surface area contributed by atoms with Gasteiger partial charge in [-0.15, -0.1) is 0 Å². The fraction of sp³-hybridized carbons (Fsp3) is 0.562. The number of carbonyl (C=O) groups is 1. The third-order valence-corrected chi connectivity index (χ3v) is 2.85. The maximum Gasteiger partial charge on any atom is 0.158 e. The van der Waals surface area contributed by atoms with Gasteiger partial charge in [-0.3, -0.25) is 4.79 Å². The molecule has 0 saturated heterocycles. The summed E-state index contributed by atoms with van der Waals surface area (Å²) in [6, 6.07) is 0. The average Bonchev–Trinajstić information content (AvgIpc) is 2.38. The summed E-state index contributed by atoms with van der Waals surface area (Å²) in [6.07, 6.45) is 11.1. The molecule has 2 nitrogen and oxygen atoms in total. The lowest BCUT2D eigenvalue weighted by atomic mass is 10.0. The first-order chi connectivity index (χ1) is 8.65. The number of unbranched alkanes of at least 4 members (excludes halogenated alkanes) is 2. The van der Waals surface area contributed by atoms with E-state index in [9.17, 15) is 4.79 Å². The average molecular weight is 250 g/mol. The van der Waals surface area contributed by atoms with Crippen LogP contribution in [0.1, 0.15) is 52.4 Å². The Morgan fingerprint density at radius 1 is 1.17 bits per heavy atom. The molecule has 0 radical (unpaired) electrons. The van der Waals surface area contributed by atoms with E-state index in [1.807, 2.05) is 32.1 Å². The molecule has 102 valence electrons. The number of rotatable bonds is 10. The normalized spacial score (nSPS) is 12.6. The van der Waals surface area contributed by atoms with Crippen LogP contribution in [0.5, 0.6) is 0 Å². The van der Waals surface area contributed by atoms with Gasteiger partial charge < -0.3 is 5.11 Å². The van der Waals surface area contributed by atoms with Crippen molar-refractivity contribution in [3.63, 3.8) is 0 Å². The van der Waals surface area contributed by atoms with E-state index in [0.29, 0.717) is 6.42 Å². The van der Waals surface area contributed by atoms with Crippen molar-refractivity contribution in [1.29, 1.82) is 0 Å². The number of aliphatic hydroxyl groups is 1. The van der Waals surface area contributed by atoms with Gasteiger partial charge in [-0.05, 0) is 43.8 Å². The smallest absolute Gasteiger partial charge is 0.158 e. The maximum absolute atomic E-state index is 11.6. The first kappa shape index (κ1) is 16.9. The van der Waals surface area contributed by atoms with Crippen molar-refractivity contribution in [3.05, 3.63) is 36.0 Å². The van der Waals surface area contributed by atoms with Gasteiger partial charge in [0.15, 0.2) is 5.78 Å². The number of hydrogen-bond donors (Lipinski definition) is 1. The summed E-state index contributed by atoms with van der Waals surface area (Å²) in [4.78, 5) is 11.6. The second-order valence-electron chi connectivity index (χ2n) is 4.50. The molecule has 0 aromatic carbocycles. The molecule has 0 aliphatic carbocycles. The minimum atomic E-state index is 0.220. The summed E-state index contributed by atoms with van der Waals surface area (Å²) in [6.45, 7) is 7.92. The molecule has 18 heavy (non-hydrogen) atoms. The summed E-state index contributed by atoms with van der Waals surface area (Å²) < 4.78 is 0. The number of ketones is 1. The molecule has 0 aromatic rings. The van der Waals surface area contributed by atoms with E-state index in [1.165, 1.54) is 0 Å². The molecular weight excluding hydrogens is 224 g/mol. The van der Waals surface area contributed by atoms with Crippen LogP contribution < -0.4 is 0 Å². The largest absolute Gasteiger partial charge is 0.396 e. The van der Waals surface area contributed by atoms with Gasteiger partial charge in [0.1, 0.15) is 0 Å². The minimum absolute atomic E-state index is 0.220. The Morgan fingerprint density at radius 3 is 2.44 bits per heavy atom. The van der Waals surface area contributed by atoms with Gasteiger partial charge in [0.05, 0.1) is 0 Å². The first-order valence-corrected chi connectivity index (χ1v) is 6.79. The number of aliphatic hydroxyl groups excluding tert-OH is 1. The second-order valence-corrected chi connectivity index (χ2v) is 4.50. The Labute approximate surface area is 111 Å². The van der Waals surface area contributed by atoms with E-state index >= 15 is 0 Å². The van der Waals surface area contributed by atoms with Crippen LogP contribution in [-0.4, -0.2) is 17.5 Å². The van der Waals surface area contributed by atoms with Crippen LogP contribution in [0.25, 0.3) is 0 Å². The SMILES string of the molecule is C=C/C(=C\C=C(/C)C(=O)CCC)CCCCCO. The van der Waals surface area contributed by atoms with Crippen molar-refractivity contribution in [3.8, 4) is 0 Å². The molecule has 1 N–H and O–H groups in total. The van der Waals surface area contributed by atoms with Gasteiger partial charge in [-0.25, -0.2) is 0 Å². The summed E-state index contributed by atoms with van der Waals surface area (Å²) in [5.41, 5.74) is 1.96. The van der Waals surface area contributed by atoms with Gasteiger partial charge in [-0.1, -0.05) is 38.2 Å². The molecule has 0 heterocycles. The third kappa shape index (κ3) is 8.02. The number of Topliss-reactive ketones (excluding diaryl/α,β-unsaturated/α-hetero) is 1. The minimum Gasteiger partial charge on any atom is -0.396 e. The Morgan fingerprint density at radius 2 is 1.89 bits per heavy atom. The van der Waals surface area contributed by atoms with Crippen LogP contribution in [0.4, 0.5) is 0 Å². The highest BCUT2D eigenvalue weighted by atomic mass is 16.2. The van der Waals surface area contributed by atoms with Crippen LogP contribution in [0.15, 0.2) is 36.0 Å². The van der Waals surface area contributed by atoms with E-state index < -0.39 is 0 Å². The summed E-state index contributed by atoms with van der Waals surface area (Å²) in [5.74, 6) is 0.220.